The molecule has 50 heavy (non-hydrogen) atoms. The summed E-state index contributed by atoms with van der Waals surface area (Å²) < 4.78 is 6.22. The maximum absolute atomic E-state index is 13.2. The molecule has 17 nitrogen and oxygen atoms in total. The maximum atomic E-state index is 13.2. The highest BCUT2D eigenvalue weighted by atomic mass is 35.5. The van der Waals surface area contributed by atoms with Crippen LogP contribution in [0.1, 0.15) is 55.3 Å². The number of halogens is 1. The molecule has 0 saturated carbocycles. The fraction of sp³-hybridized carbons (Fsp3) is 0.250. The third kappa shape index (κ3) is 8.88. The van der Waals surface area contributed by atoms with Crippen molar-refractivity contribution < 1.29 is 24.0 Å². The Bertz CT molecular complexity index is 1980. The molecule has 18 heteroatoms. The van der Waals surface area contributed by atoms with Crippen molar-refractivity contribution in [2.24, 2.45) is 39.0 Å². The van der Waals surface area contributed by atoms with Gasteiger partial charge in [-0.2, -0.15) is 0 Å². The minimum atomic E-state index is -0.592. The van der Waals surface area contributed by atoms with Crippen LogP contribution >= 0.6 is 11.6 Å². The second kappa shape index (κ2) is 15.9. The number of nitrogens with zero attached hydrogens (tertiary/aromatic N) is 5. The predicted octanol–water partition coefficient (Wildman–Crippen LogP) is 2.49. The molecule has 0 aliphatic rings. The lowest BCUT2D eigenvalue weighted by atomic mass is 10.2. The van der Waals surface area contributed by atoms with Gasteiger partial charge < -0.3 is 50.3 Å². The first-order chi connectivity index (χ1) is 23.7. The number of aliphatic imine (C=N–C) groups is 1. The van der Waals surface area contributed by atoms with Gasteiger partial charge in [-0.1, -0.05) is 25.1 Å². The van der Waals surface area contributed by atoms with Crippen LogP contribution in [-0.4, -0.2) is 66.7 Å². The summed E-state index contributed by atoms with van der Waals surface area (Å²) in [5.74, 6) is 2.89. The molecular formula is C32H39ClN12O5. The van der Waals surface area contributed by atoms with Crippen molar-refractivity contribution in [1.82, 2.24) is 29.0 Å². The number of aromatic nitrogens is 4. The van der Waals surface area contributed by atoms with Crippen molar-refractivity contribution in [2.45, 2.75) is 19.4 Å². The van der Waals surface area contributed by atoms with Gasteiger partial charge in [0.25, 0.3) is 29.5 Å². The van der Waals surface area contributed by atoms with Crippen LogP contribution in [0, 0.1) is 0 Å². The Kier molecular flexibility index (Phi) is 11.7. The molecule has 1 unspecified atom stereocenters. The topological polar surface area (TPSA) is 216 Å². The average molecular weight is 707 g/mol. The number of hydrogen-bond acceptors (Lipinski definition) is 7. The number of hydrazine groups is 1. The second-order valence-corrected chi connectivity index (χ2v) is 11.8. The first kappa shape index (κ1) is 36.8. The standard InChI is InChI=1S/C32H39ClN12O5/c1-7-19(36-17-37-34)12-35-29(47)24-8-21(14-42(24)3)39-31(49)26-10-23(16-44(26)5)41-32(50)27-11-22(15-45(27)6)40-30(48)25-9-20(13-43(25)4)38-28(46)18(2)33/h8-11,13-17,19H,2,7,12,34H2,1,3-6H3,(H,35,47)(H,36,37)(H,38,46)(H,39,49)(H,40,48)(H,41,50). The first-order valence-corrected chi connectivity index (χ1v) is 15.6. The fourth-order valence-corrected chi connectivity index (χ4v) is 5.02. The van der Waals surface area contributed by atoms with Crippen molar-refractivity contribution in [3.8, 4) is 0 Å². The summed E-state index contributed by atoms with van der Waals surface area (Å²) in [4.78, 5) is 68.2. The summed E-state index contributed by atoms with van der Waals surface area (Å²) >= 11 is 5.62. The van der Waals surface area contributed by atoms with Gasteiger partial charge in [0.2, 0.25) is 0 Å². The zero-order valence-electron chi connectivity index (χ0n) is 28.1. The molecule has 0 spiro atoms. The van der Waals surface area contributed by atoms with Crippen molar-refractivity contribution in [2.75, 3.05) is 27.8 Å². The number of anilines is 4. The summed E-state index contributed by atoms with van der Waals surface area (Å²) in [7, 11) is 6.63. The van der Waals surface area contributed by atoms with E-state index in [0.717, 1.165) is 0 Å². The van der Waals surface area contributed by atoms with E-state index in [1.807, 2.05) is 6.92 Å². The van der Waals surface area contributed by atoms with Crippen LogP contribution in [-0.2, 0) is 33.0 Å². The Hall–Kier alpha value is -6.07. The maximum Gasteiger partial charge on any atom is 0.272 e. The van der Waals surface area contributed by atoms with Crippen LogP contribution in [0.25, 0.3) is 0 Å². The SMILES string of the molecule is C=C(Cl)C(=O)Nc1cc(C(=O)Nc2cc(C(=O)Nc3cc(C(=O)Nc4cc(C(=O)NCC(CC)N=CNN)n(C)c4)n(C)c3)n(C)c2)n(C)c1. The number of aryl methyl sites for hydroxylation is 4. The van der Waals surface area contributed by atoms with Gasteiger partial charge in [-0.3, -0.25) is 29.0 Å². The smallest absolute Gasteiger partial charge is 0.272 e. The minimum Gasteiger partial charge on any atom is -0.349 e. The average Bonchev–Trinajstić information content (AvgIpc) is 3.82. The van der Waals surface area contributed by atoms with Gasteiger partial charge in [-0.15, -0.1) is 0 Å². The van der Waals surface area contributed by atoms with Gasteiger partial charge in [-0.25, -0.2) is 5.84 Å². The highest BCUT2D eigenvalue weighted by molar-refractivity contribution is 6.43. The monoisotopic (exact) mass is 706 g/mol. The van der Waals surface area contributed by atoms with Crippen molar-refractivity contribution in [3.63, 3.8) is 0 Å². The van der Waals surface area contributed by atoms with Crippen molar-refractivity contribution >= 4 is 70.2 Å². The van der Waals surface area contributed by atoms with E-state index in [2.05, 4.69) is 43.6 Å². The van der Waals surface area contributed by atoms with Crippen LogP contribution in [0.3, 0.4) is 0 Å². The normalized spacial score (nSPS) is 11.6. The van der Waals surface area contributed by atoms with E-state index in [0.29, 0.717) is 41.4 Å². The molecule has 0 aliphatic carbocycles. The zero-order chi connectivity index (χ0) is 36.7. The molecule has 5 amide bonds. The Balaban J connectivity index is 1.37. The lowest BCUT2D eigenvalue weighted by molar-refractivity contribution is -0.112. The lowest BCUT2D eigenvalue weighted by Gasteiger charge is -2.11. The molecule has 0 radical (unpaired) electrons. The highest BCUT2D eigenvalue weighted by Crippen LogP contribution is 2.21. The van der Waals surface area contributed by atoms with Crippen LogP contribution in [0.4, 0.5) is 22.7 Å². The van der Waals surface area contributed by atoms with E-state index < -0.39 is 23.6 Å². The van der Waals surface area contributed by atoms with Crippen LogP contribution in [0.15, 0.2) is 65.7 Å². The van der Waals surface area contributed by atoms with E-state index in [4.69, 9.17) is 17.4 Å². The van der Waals surface area contributed by atoms with Crippen LogP contribution in [0.2, 0.25) is 0 Å². The van der Waals surface area contributed by atoms with E-state index in [9.17, 15) is 24.0 Å². The number of hydrogen-bond donors (Lipinski definition) is 7. The predicted molar refractivity (Wildman–Crippen MR) is 191 cm³/mol. The Morgan fingerprint density at radius 3 is 1.42 bits per heavy atom. The quantitative estimate of drug-likeness (QED) is 0.0342. The zero-order valence-corrected chi connectivity index (χ0v) is 28.9. The molecule has 0 saturated heterocycles. The third-order valence-corrected chi connectivity index (χ3v) is 7.73. The number of nitrogens with one attached hydrogen (secondary N) is 6. The Morgan fingerprint density at radius 1 is 0.720 bits per heavy atom. The van der Waals surface area contributed by atoms with Gasteiger partial charge >= 0.3 is 0 Å². The minimum absolute atomic E-state index is 0.152. The summed E-state index contributed by atoms with van der Waals surface area (Å²) in [6.07, 6.45) is 8.39. The molecule has 4 aromatic rings. The van der Waals surface area contributed by atoms with Crippen LogP contribution < -0.4 is 37.9 Å². The summed E-state index contributed by atoms with van der Waals surface area (Å²) in [5.41, 5.74) is 4.89. The van der Waals surface area contributed by atoms with E-state index >= 15 is 0 Å². The van der Waals surface area contributed by atoms with Crippen molar-refractivity contribution in [1.29, 1.82) is 0 Å². The molecular weight excluding hydrogens is 668 g/mol. The molecule has 264 valence electrons. The fourth-order valence-electron chi connectivity index (χ4n) is 4.97. The van der Waals surface area contributed by atoms with Gasteiger partial charge in [0.1, 0.15) is 22.8 Å². The van der Waals surface area contributed by atoms with E-state index in [1.165, 1.54) is 29.1 Å². The number of carbonyl (C=O) groups excluding carboxylic acids is 5. The molecule has 4 heterocycles. The second-order valence-electron chi connectivity index (χ2n) is 11.3. The number of rotatable bonds is 14. The summed E-state index contributed by atoms with van der Waals surface area (Å²) in [6.45, 7) is 5.62. The van der Waals surface area contributed by atoms with Gasteiger partial charge in [0.15, 0.2) is 0 Å². The molecule has 1 atom stereocenters. The van der Waals surface area contributed by atoms with Gasteiger partial charge in [0.05, 0.1) is 40.2 Å². The number of amides is 5. The lowest BCUT2D eigenvalue weighted by Crippen LogP contribution is -2.33. The molecule has 0 aliphatic heterocycles. The number of nitrogens with two attached hydrogens (primary N) is 1. The third-order valence-electron chi connectivity index (χ3n) is 7.56. The largest absolute Gasteiger partial charge is 0.349 e. The molecule has 0 fully saturated rings. The van der Waals surface area contributed by atoms with Gasteiger partial charge in [0, 0.05) is 59.5 Å². The summed E-state index contributed by atoms with van der Waals surface area (Å²) in [5, 5.41) is 13.5. The van der Waals surface area contributed by atoms with Gasteiger partial charge in [-0.05, 0) is 30.7 Å². The first-order valence-electron chi connectivity index (χ1n) is 15.2. The Labute approximate surface area is 292 Å². The highest BCUT2D eigenvalue weighted by Gasteiger charge is 2.20. The summed E-state index contributed by atoms with van der Waals surface area (Å²) in [6, 6.07) is 5.90. The van der Waals surface area contributed by atoms with E-state index in [-0.39, 0.29) is 34.1 Å². The molecule has 4 rings (SSSR count). The Morgan fingerprint density at radius 2 is 1.08 bits per heavy atom. The molecule has 0 bridgehead atoms. The molecule has 0 aromatic carbocycles. The van der Waals surface area contributed by atoms with Crippen LogP contribution in [0.5, 0.6) is 0 Å². The molecule has 4 aromatic heterocycles. The number of carbonyl (C=O) groups is 5. The van der Waals surface area contributed by atoms with E-state index in [1.54, 1.807) is 72.7 Å². The molecule has 8 N–H and O–H groups in total. The van der Waals surface area contributed by atoms with Crippen molar-refractivity contribution in [3.05, 3.63) is 83.4 Å².